The normalized spacial score (nSPS) is 14.7. The van der Waals surface area contributed by atoms with Gasteiger partial charge in [-0.2, -0.15) is 13.2 Å². The molecule has 0 aliphatic rings. The molecule has 1 heterocycles. The zero-order chi connectivity index (χ0) is 18.4. The molecule has 1 unspecified atom stereocenters. The van der Waals surface area contributed by atoms with Crippen molar-refractivity contribution in [3.63, 3.8) is 0 Å². The van der Waals surface area contributed by atoms with Gasteiger partial charge in [0, 0.05) is 5.02 Å². The predicted octanol–water partition coefficient (Wildman–Crippen LogP) is 4.04. The van der Waals surface area contributed by atoms with E-state index in [4.69, 9.17) is 17.3 Å². The second-order valence-electron chi connectivity index (χ2n) is 6.12. The molecule has 132 valence electrons. The lowest BCUT2D eigenvalue weighted by molar-refractivity contribution is -0.137. The number of imidazole rings is 1. The van der Waals surface area contributed by atoms with Crippen LogP contribution in [0.1, 0.15) is 12.5 Å². The highest BCUT2D eigenvalue weighted by Gasteiger charge is 2.34. The van der Waals surface area contributed by atoms with E-state index in [0.717, 1.165) is 6.07 Å². The van der Waals surface area contributed by atoms with Crippen LogP contribution in [0.15, 0.2) is 42.7 Å². The quantitative estimate of drug-likeness (QED) is 0.685. The summed E-state index contributed by atoms with van der Waals surface area (Å²) in [5.41, 5.74) is 4.89. The van der Waals surface area contributed by atoms with E-state index in [1.165, 1.54) is 25.4 Å². The van der Waals surface area contributed by atoms with Gasteiger partial charge in [-0.25, -0.2) is 4.98 Å². The molecule has 0 saturated carbocycles. The second kappa shape index (κ2) is 6.01. The SMILES string of the molecule is CC(N)(O)Cn1cnc2ccc(-c3ccc(Cl)cc3C(F)(F)F)cc21. The van der Waals surface area contributed by atoms with Gasteiger partial charge in [0.2, 0.25) is 0 Å². The largest absolute Gasteiger partial charge is 0.417 e. The number of hydrogen-bond donors (Lipinski definition) is 2. The number of fused-ring (bicyclic) bond motifs is 1. The van der Waals surface area contributed by atoms with E-state index in [-0.39, 0.29) is 17.1 Å². The molecule has 0 spiro atoms. The highest BCUT2D eigenvalue weighted by atomic mass is 35.5. The van der Waals surface area contributed by atoms with Gasteiger partial charge in [0.1, 0.15) is 5.72 Å². The van der Waals surface area contributed by atoms with Gasteiger partial charge < -0.3 is 15.4 Å². The minimum atomic E-state index is -4.53. The van der Waals surface area contributed by atoms with Gasteiger partial charge in [-0.05, 0) is 42.3 Å². The first-order chi connectivity index (χ1) is 11.5. The van der Waals surface area contributed by atoms with Crippen molar-refractivity contribution in [1.29, 1.82) is 0 Å². The van der Waals surface area contributed by atoms with Gasteiger partial charge in [0.05, 0.1) is 29.5 Å². The molecule has 3 aromatic rings. The lowest BCUT2D eigenvalue weighted by Gasteiger charge is -2.18. The molecular weight excluding hydrogens is 355 g/mol. The number of alkyl halides is 3. The van der Waals surface area contributed by atoms with Crippen molar-refractivity contribution < 1.29 is 18.3 Å². The fourth-order valence-electron chi connectivity index (χ4n) is 2.70. The fraction of sp³-hybridized carbons (Fsp3) is 0.235. The number of aromatic nitrogens is 2. The Labute approximate surface area is 146 Å². The maximum Gasteiger partial charge on any atom is 0.417 e. The van der Waals surface area contributed by atoms with Gasteiger partial charge >= 0.3 is 6.18 Å². The van der Waals surface area contributed by atoms with Gasteiger partial charge in [-0.3, -0.25) is 0 Å². The molecule has 8 heteroatoms. The van der Waals surface area contributed by atoms with E-state index in [1.807, 2.05) is 0 Å². The fourth-order valence-corrected chi connectivity index (χ4v) is 2.87. The molecule has 0 aliphatic heterocycles. The maximum absolute atomic E-state index is 13.3. The van der Waals surface area contributed by atoms with Crippen molar-refractivity contribution in [3.05, 3.63) is 53.3 Å². The Morgan fingerprint density at radius 3 is 2.56 bits per heavy atom. The molecule has 3 N–H and O–H groups in total. The van der Waals surface area contributed by atoms with Crippen LogP contribution in [0.3, 0.4) is 0 Å². The van der Waals surface area contributed by atoms with Crippen molar-refractivity contribution in [3.8, 4) is 11.1 Å². The molecule has 0 bridgehead atoms. The van der Waals surface area contributed by atoms with Crippen LogP contribution >= 0.6 is 11.6 Å². The van der Waals surface area contributed by atoms with Gasteiger partial charge in [-0.1, -0.05) is 23.7 Å². The highest BCUT2D eigenvalue weighted by molar-refractivity contribution is 6.30. The average molecular weight is 370 g/mol. The van der Waals surface area contributed by atoms with E-state index in [0.29, 0.717) is 16.6 Å². The summed E-state index contributed by atoms with van der Waals surface area (Å²) >= 11 is 5.73. The first-order valence-electron chi connectivity index (χ1n) is 7.38. The summed E-state index contributed by atoms with van der Waals surface area (Å²) in [6.45, 7) is 1.49. The van der Waals surface area contributed by atoms with E-state index in [1.54, 1.807) is 22.8 Å². The van der Waals surface area contributed by atoms with Crippen LogP contribution in [-0.4, -0.2) is 20.4 Å². The Balaban J connectivity index is 2.16. The minimum Gasteiger partial charge on any atom is -0.374 e. The smallest absolute Gasteiger partial charge is 0.374 e. The van der Waals surface area contributed by atoms with Gasteiger partial charge in [0.15, 0.2) is 0 Å². The molecule has 0 amide bonds. The molecule has 1 aromatic heterocycles. The first kappa shape index (κ1) is 17.7. The average Bonchev–Trinajstić information content (AvgIpc) is 2.87. The molecule has 0 fully saturated rings. The van der Waals surface area contributed by atoms with Crippen LogP contribution in [0.5, 0.6) is 0 Å². The Hall–Kier alpha value is -2.09. The van der Waals surface area contributed by atoms with E-state index < -0.39 is 17.5 Å². The number of benzene rings is 2. The lowest BCUT2D eigenvalue weighted by Crippen LogP contribution is -2.40. The Morgan fingerprint density at radius 2 is 1.92 bits per heavy atom. The Morgan fingerprint density at radius 1 is 1.20 bits per heavy atom. The maximum atomic E-state index is 13.3. The van der Waals surface area contributed by atoms with Gasteiger partial charge in [0.25, 0.3) is 0 Å². The number of hydrogen-bond acceptors (Lipinski definition) is 3. The third-order valence-electron chi connectivity index (χ3n) is 3.71. The number of nitrogens with zero attached hydrogens (tertiary/aromatic N) is 2. The van der Waals surface area contributed by atoms with Crippen LogP contribution in [0.4, 0.5) is 13.2 Å². The molecule has 0 radical (unpaired) electrons. The summed E-state index contributed by atoms with van der Waals surface area (Å²) in [6, 6.07) is 8.44. The zero-order valence-electron chi connectivity index (χ0n) is 13.2. The molecule has 0 saturated heterocycles. The van der Waals surface area contributed by atoms with Crippen LogP contribution in [0, 0.1) is 0 Å². The lowest BCUT2D eigenvalue weighted by atomic mass is 9.99. The van der Waals surface area contributed by atoms with Crippen LogP contribution < -0.4 is 5.73 Å². The molecule has 1 atom stereocenters. The standard InChI is InChI=1S/C17H15ClF3N3O/c1-16(22,25)8-24-9-23-14-5-2-10(6-15(14)24)12-4-3-11(18)7-13(12)17(19,20)21/h2-7,9,25H,8,22H2,1H3. The summed E-state index contributed by atoms with van der Waals surface area (Å²) in [5.74, 6) is 0. The Bertz CT molecular complexity index is 929. The Kier molecular flexibility index (Phi) is 4.26. The number of aliphatic hydroxyl groups is 1. The third-order valence-corrected chi connectivity index (χ3v) is 3.94. The molecule has 0 aliphatic carbocycles. The first-order valence-corrected chi connectivity index (χ1v) is 7.76. The molecule has 25 heavy (non-hydrogen) atoms. The predicted molar refractivity (Wildman–Crippen MR) is 90.0 cm³/mol. The summed E-state index contributed by atoms with van der Waals surface area (Å²) < 4.78 is 41.6. The monoisotopic (exact) mass is 369 g/mol. The van der Waals surface area contributed by atoms with Crippen LogP contribution in [-0.2, 0) is 12.7 Å². The number of nitrogens with two attached hydrogens (primary N) is 1. The molecular formula is C17H15ClF3N3O. The van der Waals surface area contributed by atoms with E-state index >= 15 is 0 Å². The third kappa shape index (κ3) is 3.78. The van der Waals surface area contributed by atoms with E-state index in [9.17, 15) is 18.3 Å². The number of rotatable bonds is 3. The summed E-state index contributed by atoms with van der Waals surface area (Å²) in [6.07, 6.45) is -3.04. The highest BCUT2D eigenvalue weighted by Crippen LogP contribution is 2.39. The van der Waals surface area contributed by atoms with E-state index in [2.05, 4.69) is 4.98 Å². The molecule has 4 nitrogen and oxygen atoms in total. The summed E-state index contributed by atoms with van der Waals surface area (Å²) in [5, 5.41) is 9.80. The second-order valence-corrected chi connectivity index (χ2v) is 6.56. The van der Waals surface area contributed by atoms with Crippen molar-refractivity contribution >= 4 is 22.6 Å². The summed E-state index contributed by atoms with van der Waals surface area (Å²) in [7, 11) is 0. The van der Waals surface area contributed by atoms with Crippen molar-refractivity contribution in [2.75, 3.05) is 0 Å². The van der Waals surface area contributed by atoms with Crippen molar-refractivity contribution in [2.24, 2.45) is 5.73 Å². The topological polar surface area (TPSA) is 64.1 Å². The molecule has 3 rings (SSSR count). The minimum absolute atomic E-state index is 0.0152. The number of halogens is 4. The van der Waals surface area contributed by atoms with Crippen molar-refractivity contribution in [1.82, 2.24) is 9.55 Å². The zero-order valence-corrected chi connectivity index (χ0v) is 13.9. The molecule has 2 aromatic carbocycles. The van der Waals surface area contributed by atoms with Crippen molar-refractivity contribution in [2.45, 2.75) is 25.4 Å². The van der Waals surface area contributed by atoms with Crippen LogP contribution in [0.2, 0.25) is 5.02 Å². The van der Waals surface area contributed by atoms with Crippen LogP contribution in [0.25, 0.3) is 22.2 Å². The summed E-state index contributed by atoms with van der Waals surface area (Å²) in [4.78, 5) is 4.18. The van der Waals surface area contributed by atoms with Gasteiger partial charge in [-0.15, -0.1) is 0 Å².